The van der Waals surface area contributed by atoms with Crippen LogP contribution in [0.2, 0.25) is 0 Å². The Morgan fingerprint density at radius 1 is 0.974 bits per heavy atom. The number of anilines is 4. The van der Waals surface area contributed by atoms with Gasteiger partial charge in [0.15, 0.2) is 9.84 Å². The van der Waals surface area contributed by atoms with E-state index in [4.69, 9.17) is 0 Å². The van der Waals surface area contributed by atoms with Crippen LogP contribution < -0.4 is 15.5 Å². The lowest BCUT2D eigenvalue weighted by Crippen LogP contribution is -2.24. The Morgan fingerprint density at radius 2 is 1.77 bits per heavy atom. The minimum absolute atomic E-state index is 0.0208. The highest BCUT2D eigenvalue weighted by atomic mass is 32.2. The summed E-state index contributed by atoms with van der Waals surface area (Å²) >= 11 is 1.56. The lowest BCUT2D eigenvalue weighted by Gasteiger charge is -2.22. The van der Waals surface area contributed by atoms with Gasteiger partial charge in [0.1, 0.15) is 0 Å². The van der Waals surface area contributed by atoms with Gasteiger partial charge < -0.3 is 10.2 Å². The van der Waals surface area contributed by atoms with E-state index in [-0.39, 0.29) is 11.7 Å². The lowest BCUT2D eigenvalue weighted by molar-refractivity contribution is -0.115. The molecule has 0 saturated carbocycles. The number of fused-ring (bicyclic) bond motifs is 1. The van der Waals surface area contributed by atoms with Gasteiger partial charge in [-0.2, -0.15) is 0 Å². The van der Waals surface area contributed by atoms with Gasteiger partial charge >= 0.3 is 0 Å². The Morgan fingerprint density at radius 3 is 2.51 bits per heavy atom. The second kappa shape index (κ2) is 11.3. The molecule has 0 spiro atoms. The van der Waals surface area contributed by atoms with Crippen molar-refractivity contribution in [3.05, 3.63) is 101 Å². The average Bonchev–Trinajstić information content (AvgIpc) is 3.52. The van der Waals surface area contributed by atoms with E-state index in [2.05, 4.69) is 20.5 Å². The van der Waals surface area contributed by atoms with Gasteiger partial charge in [0, 0.05) is 35.2 Å². The first-order valence-electron chi connectivity index (χ1n) is 12.4. The summed E-state index contributed by atoms with van der Waals surface area (Å²) in [5.74, 6) is 0.422. The van der Waals surface area contributed by atoms with E-state index in [9.17, 15) is 13.2 Å². The molecule has 0 aliphatic heterocycles. The molecule has 0 aliphatic rings. The Hall–Kier alpha value is -4.15. The zero-order valence-corrected chi connectivity index (χ0v) is 23.3. The quantitative estimate of drug-likeness (QED) is 0.229. The van der Waals surface area contributed by atoms with Crippen molar-refractivity contribution in [3.8, 4) is 0 Å². The van der Waals surface area contributed by atoms with Gasteiger partial charge in [-0.15, -0.1) is 11.3 Å². The molecule has 1 amide bonds. The average molecular weight is 560 g/mol. The summed E-state index contributed by atoms with van der Waals surface area (Å²) in [5, 5.41) is 8.35. The van der Waals surface area contributed by atoms with Gasteiger partial charge in [0.25, 0.3) is 0 Å². The lowest BCUT2D eigenvalue weighted by atomic mass is 10.2. The molecule has 39 heavy (non-hydrogen) atoms. The first-order valence-corrected chi connectivity index (χ1v) is 15.3. The molecule has 0 radical (unpaired) electrons. The number of aromatic nitrogens is 2. The van der Waals surface area contributed by atoms with Crippen LogP contribution in [0.4, 0.5) is 23.0 Å². The van der Waals surface area contributed by atoms with Gasteiger partial charge in [-0.25, -0.2) is 13.4 Å². The minimum atomic E-state index is -3.08. The van der Waals surface area contributed by atoms with Crippen LogP contribution in [0.5, 0.6) is 0 Å². The van der Waals surface area contributed by atoms with Crippen molar-refractivity contribution >= 4 is 61.1 Å². The standard InChI is InChI=1S/C29H29N5O3S2/c1-33(24-8-5-7-23(17-24)30-22-14-12-21(13-15-22)19-39(2,36)37)20-34-27-11-4-3-10-26(27)31-29(34)32-28(35)18-25-9-6-16-38-25/h3-17,30H,18-20H2,1-2H3,(H,31,32,35). The maximum absolute atomic E-state index is 12.8. The Kier molecular flexibility index (Phi) is 7.67. The number of hydrogen-bond acceptors (Lipinski definition) is 7. The Labute approximate surface area is 231 Å². The topological polar surface area (TPSA) is 96.3 Å². The first-order chi connectivity index (χ1) is 18.7. The first kappa shape index (κ1) is 26.5. The van der Waals surface area contributed by atoms with E-state index < -0.39 is 9.84 Å². The maximum Gasteiger partial charge on any atom is 0.231 e. The molecule has 0 fully saturated rings. The van der Waals surface area contributed by atoms with E-state index in [0.29, 0.717) is 19.0 Å². The third kappa shape index (κ3) is 6.84. The number of rotatable bonds is 10. The van der Waals surface area contributed by atoms with Crippen molar-refractivity contribution in [3.63, 3.8) is 0 Å². The molecule has 10 heteroatoms. The summed E-state index contributed by atoms with van der Waals surface area (Å²) in [7, 11) is -1.09. The molecule has 3 aromatic carbocycles. The highest BCUT2D eigenvalue weighted by Gasteiger charge is 2.16. The van der Waals surface area contributed by atoms with Crippen LogP contribution in [-0.2, 0) is 33.5 Å². The molecule has 200 valence electrons. The fraction of sp³-hybridized carbons (Fsp3) is 0.172. The number of benzene rings is 3. The van der Waals surface area contributed by atoms with Gasteiger partial charge in [-0.3, -0.25) is 14.7 Å². The molecule has 0 aliphatic carbocycles. The van der Waals surface area contributed by atoms with Gasteiger partial charge in [0.2, 0.25) is 11.9 Å². The van der Waals surface area contributed by atoms with Gasteiger partial charge in [-0.05, 0) is 59.5 Å². The second-order valence-corrected chi connectivity index (χ2v) is 12.6. The zero-order valence-electron chi connectivity index (χ0n) is 21.7. The summed E-state index contributed by atoms with van der Waals surface area (Å²) in [6.45, 7) is 0.471. The molecule has 5 rings (SSSR count). The van der Waals surface area contributed by atoms with Crippen LogP contribution in [0, 0.1) is 0 Å². The molecule has 0 saturated heterocycles. The van der Waals surface area contributed by atoms with Crippen LogP contribution in [0.3, 0.4) is 0 Å². The molecular formula is C29H29N5O3S2. The molecule has 2 aromatic heterocycles. The number of para-hydroxylation sites is 2. The molecular weight excluding hydrogens is 530 g/mol. The third-order valence-electron chi connectivity index (χ3n) is 6.13. The number of hydrogen-bond donors (Lipinski definition) is 2. The van der Waals surface area contributed by atoms with Crippen molar-refractivity contribution < 1.29 is 13.2 Å². The Bertz CT molecular complexity index is 1690. The molecule has 0 bridgehead atoms. The van der Waals surface area contributed by atoms with Crippen molar-refractivity contribution in [2.24, 2.45) is 0 Å². The maximum atomic E-state index is 12.8. The number of amides is 1. The smallest absolute Gasteiger partial charge is 0.231 e. The second-order valence-electron chi connectivity index (χ2n) is 9.44. The van der Waals surface area contributed by atoms with Crippen LogP contribution in [0.15, 0.2) is 90.3 Å². The van der Waals surface area contributed by atoms with E-state index in [1.807, 2.05) is 102 Å². The van der Waals surface area contributed by atoms with Gasteiger partial charge in [0.05, 0.1) is 29.9 Å². The fourth-order valence-electron chi connectivity index (χ4n) is 4.32. The number of sulfone groups is 1. The van der Waals surface area contributed by atoms with Crippen LogP contribution in [-0.4, -0.2) is 37.2 Å². The van der Waals surface area contributed by atoms with Gasteiger partial charge in [-0.1, -0.05) is 36.4 Å². The molecule has 0 atom stereocenters. The number of carbonyl (C=O) groups is 1. The summed E-state index contributed by atoms with van der Waals surface area (Å²) in [6.07, 6.45) is 1.54. The monoisotopic (exact) mass is 559 g/mol. The van der Waals surface area contributed by atoms with Crippen molar-refractivity contribution in [1.29, 1.82) is 0 Å². The molecule has 8 nitrogen and oxygen atoms in total. The van der Waals surface area contributed by atoms with Crippen molar-refractivity contribution in [2.45, 2.75) is 18.8 Å². The molecule has 5 aromatic rings. The highest BCUT2D eigenvalue weighted by Crippen LogP contribution is 2.26. The van der Waals surface area contributed by atoms with E-state index in [1.165, 1.54) is 6.26 Å². The van der Waals surface area contributed by atoms with Crippen molar-refractivity contribution in [2.75, 3.05) is 28.8 Å². The summed E-state index contributed by atoms with van der Waals surface area (Å²) in [5.41, 5.74) is 5.23. The number of carbonyl (C=O) groups excluding carboxylic acids is 1. The van der Waals surface area contributed by atoms with E-state index >= 15 is 0 Å². The van der Waals surface area contributed by atoms with E-state index in [1.54, 1.807) is 11.3 Å². The number of nitrogens with one attached hydrogen (secondary N) is 2. The third-order valence-corrected chi connectivity index (χ3v) is 7.87. The summed E-state index contributed by atoms with van der Waals surface area (Å²) in [4.78, 5) is 20.5. The Balaban J connectivity index is 1.32. The van der Waals surface area contributed by atoms with Crippen LogP contribution >= 0.6 is 11.3 Å². The van der Waals surface area contributed by atoms with Crippen LogP contribution in [0.25, 0.3) is 11.0 Å². The normalized spacial score (nSPS) is 11.4. The SMILES string of the molecule is CN(Cn1c(NC(=O)Cc2cccs2)nc2ccccc21)c1cccc(Nc2ccc(CS(C)(=O)=O)cc2)c1. The summed E-state index contributed by atoms with van der Waals surface area (Å²) in [6, 6.07) is 27.1. The van der Waals surface area contributed by atoms with Crippen LogP contribution in [0.1, 0.15) is 10.4 Å². The number of nitrogens with zero attached hydrogens (tertiary/aromatic N) is 3. The molecule has 2 N–H and O–H groups in total. The number of thiophene rings is 1. The molecule has 0 unspecified atom stereocenters. The molecule has 2 heterocycles. The summed E-state index contributed by atoms with van der Waals surface area (Å²) < 4.78 is 25.1. The van der Waals surface area contributed by atoms with E-state index in [0.717, 1.165) is 38.5 Å². The largest absolute Gasteiger partial charge is 0.356 e. The number of imidazole rings is 1. The highest BCUT2D eigenvalue weighted by molar-refractivity contribution is 7.89. The van der Waals surface area contributed by atoms with Crippen molar-refractivity contribution in [1.82, 2.24) is 9.55 Å². The fourth-order valence-corrected chi connectivity index (χ4v) is 5.82. The minimum Gasteiger partial charge on any atom is -0.356 e. The predicted molar refractivity (Wildman–Crippen MR) is 160 cm³/mol. The zero-order chi connectivity index (χ0) is 27.4. The predicted octanol–water partition coefficient (Wildman–Crippen LogP) is 5.66.